The minimum absolute atomic E-state index is 0.329. The van der Waals surface area contributed by atoms with Gasteiger partial charge in [0, 0.05) is 16.4 Å². The van der Waals surface area contributed by atoms with E-state index in [1.807, 2.05) is 32.9 Å². The maximum atomic E-state index is 13.1. The molecule has 2 aromatic carbocycles. The van der Waals surface area contributed by atoms with Gasteiger partial charge in [-0.15, -0.1) is 11.8 Å². The molecule has 0 spiro atoms. The van der Waals surface area contributed by atoms with Crippen LogP contribution in [-0.4, -0.2) is 33.1 Å². The quantitative estimate of drug-likeness (QED) is 0.180. The van der Waals surface area contributed by atoms with E-state index in [1.165, 1.54) is 18.4 Å². The number of aryl methyl sites for hydroxylation is 3. The second-order valence-electron chi connectivity index (χ2n) is 8.52. The van der Waals surface area contributed by atoms with Crippen LogP contribution in [0, 0.1) is 20.8 Å². The van der Waals surface area contributed by atoms with Crippen molar-refractivity contribution in [2.24, 2.45) is 0 Å². The van der Waals surface area contributed by atoms with Gasteiger partial charge in [-0.3, -0.25) is 0 Å². The van der Waals surface area contributed by atoms with Gasteiger partial charge in [0.25, 0.3) is 0 Å². The van der Waals surface area contributed by atoms with E-state index in [2.05, 4.69) is 32.0 Å². The van der Waals surface area contributed by atoms with Gasteiger partial charge in [-0.05, 0) is 38.5 Å². The highest BCUT2D eigenvalue weighted by Gasteiger charge is 2.28. The fourth-order valence-corrected chi connectivity index (χ4v) is 6.70. The molecule has 9 heteroatoms. The topological polar surface area (TPSA) is 57.0 Å². The fourth-order valence-electron chi connectivity index (χ4n) is 3.92. The largest absolute Gasteiger partial charge is 0.464 e. The van der Waals surface area contributed by atoms with Crippen molar-refractivity contribution in [3.05, 3.63) is 69.0 Å². The molecule has 35 heavy (non-hydrogen) atoms. The Kier molecular flexibility index (Phi) is 7.62. The summed E-state index contributed by atoms with van der Waals surface area (Å²) in [5.41, 5.74) is 6.58. The summed E-state index contributed by atoms with van der Waals surface area (Å²) >= 11 is 15.6. The lowest BCUT2D eigenvalue weighted by molar-refractivity contribution is 0.0591. The van der Waals surface area contributed by atoms with E-state index in [9.17, 15) is 4.79 Å². The molecule has 0 bridgehead atoms. The van der Waals surface area contributed by atoms with Gasteiger partial charge in [-0.2, -0.15) is 9.78 Å². The van der Waals surface area contributed by atoms with Gasteiger partial charge in [0.15, 0.2) is 5.69 Å². The number of aromatic nitrogens is 3. The number of hydrogen-bond donors (Lipinski definition) is 0. The molecule has 0 atom stereocenters. The van der Waals surface area contributed by atoms with E-state index in [0.29, 0.717) is 26.1 Å². The number of carbonyl (C=O) groups is 1. The number of thiazole rings is 1. The van der Waals surface area contributed by atoms with Crippen molar-refractivity contribution in [1.29, 1.82) is 0 Å². The van der Waals surface area contributed by atoms with E-state index in [4.69, 9.17) is 38.0 Å². The van der Waals surface area contributed by atoms with E-state index in [1.54, 1.807) is 22.5 Å². The molecule has 0 unspecified atom stereocenters. The van der Waals surface area contributed by atoms with Crippen molar-refractivity contribution in [3.8, 4) is 27.5 Å². The summed E-state index contributed by atoms with van der Waals surface area (Å²) in [6.07, 6.45) is 0. The Labute approximate surface area is 223 Å². The SMILES string of the molecule is COC(=O)c1c(-c2cc(C)cc(C)c2)c(C)nn1-c1nc(-c2ccc(Cl)c(Cl)c2)c(SC(C)C)s1. The number of halogens is 2. The van der Waals surface area contributed by atoms with Crippen LogP contribution >= 0.6 is 46.3 Å². The summed E-state index contributed by atoms with van der Waals surface area (Å²) in [6.45, 7) is 10.2. The van der Waals surface area contributed by atoms with Gasteiger partial charge >= 0.3 is 5.97 Å². The molecule has 2 heterocycles. The van der Waals surface area contributed by atoms with Gasteiger partial charge in [-0.25, -0.2) is 9.78 Å². The lowest BCUT2D eigenvalue weighted by atomic mass is 9.99. The summed E-state index contributed by atoms with van der Waals surface area (Å²) in [7, 11) is 1.38. The number of methoxy groups -OCH3 is 1. The Morgan fingerprint density at radius 2 is 1.71 bits per heavy atom. The molecule has 0 aliphatic carbocycles. The lowest BCUT2D eigenvalue weighted by Crippen LogP contribution is -2.11. The number of thioether (sulfide) groups is 1. The highest BCUT2D eigenvalue weighted by Crippen LogP contribution is 2.42. The van der Waals surface area contributed by atoms with E-state index in [-0.39, 0.29) is 0 Å². The van der Waals surface area contributed by atoms with Crippen LogP contribution < -0.4 is 0 Å². The first-order valence-corrected chi connectivity index (χ1v) is 13.4. The summed E-state index contributed by atoms with van der Waals surface area (Å²) in [4.78, 5) is 18.0. The molecule has 0 aliphatic heterocycles. The number of rotatable bonds is 6. The zero-order chi connectivity index (χ0) is 25.4. The van der Waals surface area contributed by atoms with E-state index >= 15 is 0 Å². The number of nitrogens with zero attached hydrogens (tertiary/aromatic N) is 3. The number of hydrogen-bond acceptors (Lipinski definition) is 6. The summed E-state index contributed by atoms with van der Waals surface area (Å²) in [5.74, 6) is -0.468. The summed E-state index contributed by atoms with van der Waals surface area (Å²) < 4.78 is 7.80. The average Bonchev–Trinajstić information content (AvgIpc) is 3.34. The Hall–Kier alpha value is -2.32. The van der Waals surface area contributed by atoms with Crippen LogP contribution in [-0.2, 0) is 4.74 Å². The molecule has 0 saturated carbocycles. The van der Waals surface area contributed by atoms with Crippen LogP contribution in [0.15, 0.2) is 40.6 Å². The Bertz CT molecular complexity index is 1410. The van der Waals surface area contributed by atoms with Crippen molar-refractivity contribution in [3.63, 3.8) is 0 Å². The normalized spacial score (nSPS) is 11.3. The first kappa shape index (κ1) is 25.8. The second-order valence-corrected chi connectivity index (χ2v) is 12.2. The van der Waals surface area contributed by atoms with Crippen LogP contribution in [0.3, 0.4) is 0 Å². The first-order valence-electron chi connectivity index (χ1n) is 11.0. The lowest BCUT2D eigenvalue weighted by Gasteiger charge is -2.08. The first-order chi connectivity index (χ1) is 16.6. The number of benzene rings is 2. The highest BCUT2D eigenvalue weighted by molar-refractivity contribution is 8.01. The van der Waals surface area contributed by atoms with Crippen molar-refractivity contribution in [2.75, 3.05) is 7.11 Å². The van der Waals surface area contributed by atoms with Crippen LogP contribution in [0.25, 0.3) is 27.5 Å². The second kappa shape index (κ2) is 10.3. The number of esters is 1. The molecule has 0 fully saturated rings. The molecular weight excluding hydrogens is 521 g/mol. The zero-order valence-corrected chi connectivity index (χ0v) is 23.4. The van der Waals surface area contributed by atoms with Crippen LogP contribution in [0.4, 0.5) is 0 Å². The van der Waals surface area contributed by atoms with Gasteiger partial charge < -0.3 is 4.74 Å². The molecule has 182 valence electrons. The van der Waals surface area contributed by atoms with Gasteiger partial charge in [0.1, 0.15) is 0 Å². The standard InChI is InChI=1S/C26H25Cl2N3O2S2/c1-13(2)34-25-22(17-7-8-19(27)20(28)12-17)29-26(35-25)31-23(24(32)33-6)21(16(5)30-31)18-10-14(3)9-15(4)11-18/h7-13H,1-6H3. The third-order valence-electron chi connectivity index (χ3n) is 5.25. The minimum Gasteiger partial charge on any atom is -0.464 e. The fraction of sp³-hybridized carbons (Fsp3) is 0.269. The Morgan fingerprint density at radius 3 is 2.31 bits per heavy atom. The monoisotopic (exact) mass is 545 g/mol. The predicted molar refractivity (Wildman–Crippen MR) is 147 cm³/mol. The minimum atomic E-state index is -0.468. The molecule has 0 amide bonds. The van der Waals surface area contributed by atoms with E-state index < -0.39 is 5.97 Å². The van der Waals surface area contributed by atoms with E-state index in [0.717, 1.165) is 43.4 Å². The van der Waals surface area contributed by atoms with Gasteiger partial charge in [0.2, 0.25) is 5.13 Å². The molecule has 0 radical (unpaired) electrons. The van der Waals surface area contributed by atoms with Crippen molar-refractivity contribution in [1.82, 2.24) is 14.8 Å². The maximum absolute atomic E-state index is 13.1. The van der Waals surface area contributed by atoms with Gasteiger partial charge in [0.05, 0.1) is 32.8 Å². The number of ether oxygens (including phenoxy) is 1. The molecule has 0 N–H and O–H groups in total. The Balaban J connectivity index is 1.95. The maximum Gasteiger partial charge on any atom is 0.357 e. The molecule has 0 aliphatic rings. The predicted octanol–water partition coefficient (Wildman–Crippen LogP) is 8.18. The zero-order valence-electron chi connectivity index (χ0n) is 20.3. The summed E-state index contributed by atoms with van der Waals surface area (Å²) in [6, 6.07) is 11.7. The van der Waals surface area contributed by atoms with Crippen LogP contribution in [0.1, 0.15) is 41.2 Å². The van der Waals surface area contributed by atoms with Crippen molar-refractivity contribution in [2.45, 2.75) is 44.1 Å². The average molecular weight is 547 g/mol. The molecule has 4 aromatic rings. The molecule has 5 nitrogen and oxygen atoms in total. The highest BCUT2D eigenvalue weighted by atomic mass is 35.5. The van der Waals surface area contributed by atoms with Crippen molar-refractivity contribution < 1.29 is 9.53 Å². The van der Waals surface area contributed by atoms with Crippen LogP contribution in [0.2, 0.25) is 10.0 Å². The van der Waals surface area contributed by atoms with Gasteiger partial charge in [-0.1, -0.05) is 83.8 Å². The number of carbonyl (C=O) groups excluding carboxylic acids is 1. The van der Waals surface area contributed by atoms with Crippen molar-refractivity contribution >= 4 is 52.3 Å². The Morgan fingerprint density at radius 1 is 1.03 bits per heavy atom. The molecule has 2 aromatic heterocycles. The third-order valence-corrected chi connectivity index (χ3v) is 8.23. The van der Waals surface area contributed by atoms with Crippen LogP contribution in [0.5, 0.6) is 0 Å². The summed E-state index contributed by atoms with van der Waals surface area (Å²) in [5, 5.41) is 6.60. The molecule has 0 saturated heterocycles. The molecule has 4 rings (SSSR count). The smallest absolute Gasteiger partial charge is 0.357 e. The molecular formula is C26H25Cl2N3O2S2. The third kappa shape index (κ3) is 5.28.